The van der Waals surface area contributed by atoms with Crippen LogP contribution in [0, 0.1) is 5.82 Å². The van der Waals surface area contributed by atoms with Crippen LogP contribution in [0.25, 0.3) is 0 Å². The molecule has 0 spiro atoms. The van der Waals surface area contributed by atoms with Crippen LogP contribution in [0.5, 0.6) is 0 Å². The second-order valence-electron chi connectivity index (χ2n) is 4.50. The predicted molar refractivity (Wildman–Crippen MR) is 82.3 cm³/mol. The first-order chi connectivity index (χ1) is 9.52. The van der Waals surface area contributed by atoms with Gasteiger partial charge in [0.05, 0.1) is 6.10 Å². The van der Waals surface area contributed by atoms with Gasteiger partial charge in [-0.1, -0.05) is 39.7 Å². The van der Waals surface area contributed by atoms with Gasteiger partial charge in [0.1, 0.15) is 5.82 Å². The van der Waals surface area contributed by atoms with Crippen molar-refractivity contribution in [3.8, 4) is 0 Å². The Kier molecular flexibility index (Phi) is 5.16. The molecule has 0 bridgehead atoms. The minimum atomic E-state index is -1.04. The third kappa shape index (κ3) is 3.38. The summed E-state index contributed by atoms with van der Waals surface area (Å²) in [6.07, 6.45) is -1.04. The molecule has 0 saturated carbocycles. The fraction of sp³-hybridized carbons (Fsp3) is 0.200. The fourth-order valence-corrected chi connectivity index (χ4v) is 2.56. The van der Waals surface area contributed by atoms with Gasteiger partial charge in [0.2, 0.25) is 0 Å². The lowest BCUT2D eigenvalue weighted by Crippen LogP contribution is -2.21. The Morgan fingerprint density at radius 2 is 1.85 bits per heavy atom. The summed E-state index contributed by atoms with van der Waals surface area (Å²) >= 11 is 9.21. The summed E-state index contributed by atoms with van der Waals surface area (Å²) in [6, 6.07) is 11.6. The number of aliphatic hydroxyl groups excluding tert-OH is 1. The fourth-order valence-electron chi connectivity index (χ4n) is 2.12. The Morgan fingerprint density at radius 3 is 2.45 bits per heavy atom. The molecule has 2 rings (SSSR count). The van der Waals surface area contributed by atoms with E-state index in [9.17, 15) is 9.50 Å². The maximum Gasteiger partial charge on any atom is 0.129 e. The highest BCUT2D eigenvalue weighted by atomic mass is 79.9. The molecule has 2 unspecified atom stereocenters. The maximum absolute atomic E-state index is 13.8. The van der Waals surface area contributed by atoms with Crippen molar-refractivity contribution in [2.24, 2.45) is 5.73 Å². The molecule has 3 N–H and O–H groups in total. The van der Waals surface area contributed by atoms with Crippen LogP contribution in [0.2, 0.25) is 5.02 Å². The van der Waals surface area contributed by atoms with E-state index in [1.807, 2.05) is 24.3 Å². The molecule has 0 aromatic heterocycles. The Bertz CT molecular complexity index is 591. The van der Waals surface area contributed by atoms with Crippen LogP contribution >= 0.6 is 27.5 Å². The highest BCUT2D eigenvalue weighted by Gasteiger charge is 2.24. The minimum absolute atomic E-state index is 0.163. The van der Waals surface area contributed by atoms with E-state index >= 15 is 0 Å². The van der Waals surface area contributed by atoms with Crippen molar-refractivity contribution >= 4 is 27.5 Å². The zero-order chi connectivity index (χ0) is 14.7. The summed E-state index contributed by atoms with van der Waals surface area (Å²) in [5.41, 5.74) is 6.75. The first-order valence-corrected chi connectivity index (χ1v) is 7.28. The number of halogens is 3. The molecule has 0 aliphatic rings. The van der Waals surface area contributed by atoms with E-state index in [1.54, 1.807) is 0 Å². The Hall–Kier alpha value is -0.940. The van der Waals surface area contributed by atoms with Crippen LogP contribution < -0.4 is 5.73 Å². The maximum atomic E-state index is 13.8. The molecule has 0 fully saturated rings. The molecule has 0 aliphatic heterocycles. The quantitative estimate of drug-likeness (QED) is 0.867. The van der Waals surface area contributed by atoms with Crippen LogP contribution in [0.4, 0.5) is 4.39 Å². The standard InChI is InChI=1S/C15H14BrClFNO/c16-10-3-1-9(2-4-10)13(8-19)15(20)12-7-11(17)5-6-14(12)18/h1-7,13,15,20H,8,19H2. The van der Waals surface area contributed by atoms with E-state index in [4.69, 9.17) is 17.3 Å². The number of nitrogens with two attached hydrogens (primary N) is 1. The molecule has 106 valence electrons. The molecule has 2 aromatic carbocycles. The smallest absolute Gasteiger partial charge is 0.129 e. The molecule has 0 saturated heterocycles. The van der Waals surface area contributed by atoms with Crippen LogP contribution in [-0.2, 0) is 0 Å². The molecular formula is C15H14BrClFNO. The predicted octanol–water partition coefficient (Wildman–Crippen LogP) is 4.02. The lowest BCUT2D eigenvalue weighted by molar-refractivity contribution is 0.143. The van der Waals surface area contributed by atoms with Gasteiger partial charge in [-0.15, -0.1) is 0 Å². The van der Waals surface area contributed by atoms with E-state index in [-0.39, 0.29) is 12.1 Å². The molecule has 2 atom stereocenters. The monoisotopic (exact) mass is 357 g/mol. The summed E-state index contributed by atoms with van der Waals surface area (Å²) in [5, 5.41) is 10.8. The van der Waals surface area contributed by atoms with Crippen LogP contribution in [0.15, 0.2) is 46.9 Å². The van der Waals surface area contributed by atoms with E-state index in [0.29, 0.717) is 5.02 Å². The second kappa shape index (κ2) is 6.68. The summed E-state index contributed by atoms with van der Waals surface area (Å²) in [7, 11) is 0. The lowest BCUT2D eigenvalue weighted by atomic mass is 9.89. The molecule has 2 nitrogen and oxygen atoms in total. The lowest BCUT2D eigenvalue weighted by Gasteiger charge is -2.23. The molecule has 0 aliphatic carbocycles. The van der Waals surface area contributed by atoms with Crippen molar-refractivity contribution in [3.05, 3.63) is 68.9 Å². The molecular weight excluding hydrogens is 345 g/mol. The van der Waals surface area contributed by atoms with Crippen LogP contribution in [0.3, 0.4) is 0 Å². The number of aliphatic hydroxyl groups is 1. The normalized spacial score (nSPS) is 14.1. The van der Waals surface area contributed by atoms with Gasteiger partial charge in [0.25, 0.3) is 0 Å². The number of hydrogen-bond donors (Lipinski definition) is 2. The van der Waals surface area contributed by atoms with E-state index < -0.39 is 17.8 Å². The third-order valence-electron chi connectivity index (χ3n) is 3.21. The van der Waals surface area contributed by atoms with Crippen LogP contribution in [0.1, 0.15) is 23.1 Å². The van der Waals surface area contributed by atoms with Crippen LogP contribution in [-0.4, -0.2) is 11.7 Å². The third-order valence-corrected chi connectivity index (χ3v) is 3.97. The number of benzene rings is 2. The SMILES string of the molecule is NCC(c1ccc(Br)cc1)C(O)c1cc(Cl)ccc1F. The van der Waals surface area contributed by atoms with Gasteiger partial charge in [-0.3, -0.25) is 0 Å². The average Bonchev–Trinajstić information content (AvgIpc) is 2.44. The summed E-state index contributed by atoms with van der Waals surface area (Å²) < 4.78 is 14.8. The topological polar surface area (TPSA) is 46.2 Å². The largest absolute Gasteiger partial charge is 0.388 e. The summed E-state index contributed by atoms with van der Waals surface area (Å²) in [6.45, 7) is 0.203. The second-order valence-corrected chi connectivity index (χ2v) is 5.86. The van der Waals surface area contributed by atoms with E-state index in [1.165, 1.54) is 18.2 Å². The molecule has 0 radical (unpaired) electrons. The molecule has 0 amide bonds. The van der Waals surface area contributed by atoms with Crippen molar-refractivity contribution < 1.29 is 9.50 Å². The Balaban J connectivity index is 2.35. The van der Waals surface area contributed by atoms with Crippen molar-refractivity contribution in [1.82, 2.24) is 0 Å². The Morgan fingerprint density at radius 1 is 1.20 bits per heavy atom. The van der Waals surface area contributed by atoms with Gasteiger partial charge in [-0.05, 0) is 35.9 Å². The first kappa shape index (κ1) is 15.4. The zero-order valence-corrected chi connectivity index (χ0v) is 12.9. The van der Waals surface area contributed by atoms with Crippen molar-refractivity contribution in [3.63, 3.8) is 0 Å². The summed E-state index contributed by atoms with van der Waals surface area (Å²) in [4.78, 5) is 0. The first-order valence-electron chi connectivity index (χ1n) is 6.11. The molecule has 2 aromatic rings. The van der Waals surface area contributed by atoms with Crippen molar-refractivity contribution in [2.75, 3.05) is 6.54 Å². The highest BCUT2D eigenvalue weighted by Crippen LogP contribution is 2.33. The molecule has 20 heavy (non-hydrogen) atoms. The van der Waals surface area contributed by atoms with Gasteiger partial charge in [0.15, 0.2) is 0 Å². The zero-order valence-electron chi connectivity index (χ0n) is 10.6. The van der Waals surface area contributed by atoms with Gasteiger partial charge >= 0.3 is 0 Å². The van der Waals surface area contributed by atoms with E-state index in [0.717, 1.165) is 10.0 Å². The molecule has 5 heteroatoms. The Labute approximate surface area is 130 Å². The van der Waals surface area contributed by atoms with E-state index in [2.05, 4.69) is 15.9 Å². The number of hydrogen-bond acceptors (Lipinski definition) is 2. The van der Waals surface area contributed by atoms with Gasteiger partial charge < -0.3 is 10.8 Å². The van der Waals surface area contributed by atoms with Crippen molar-refractivity contribution in [1.29, 1.82) is 0 Å². The highest BCUT2D eigenvalue weighted by molar-refractivity contribution is 9.10. The average molecular weight is 359 g/mol. The van der Waals surface area contributed by atoms with Gasteiger partial charge in [0, 0.05) is 27.5 Å². The minimum Gasteiger partial charge on any atom is -0.388 e. The van der Waals surface area contributed by atoms with Gasteiger partial charge in [-0.2, -0.15) is 0 Å². The molecule has 0 heterocycles. The summed E-state index contributed by atoms with van der Waals surface area (Å²) in [5.74, 6) is -0.881. The number of rotatable bonds is 4. The van der Waals surface area contributed by atoms with Crippen molar-refractivity contribution in [2.45, 2.75) is 12.0 Å². The van der Waals surface area contributed by atoms with Gasteiger partial charge in [-0.25, -0.2) is 4.39 Å².